The summed E-state index contributed by atoms with van der Waals surface area (Å²) in [5, 5.41) is 11.8. The van der Waals surface area contributed by atoms with Crippen LogP contribution in [0.25, 0.3) is 0 Å². The summed E-state index contributed by atoms with van der Waals surface area (Å²) in [7, 11) is 1.72. The largest absolute Gasteiger partial charge is 0.496 e. The molecule has 1 aliphatic rings. The van der Waals surface area contributed by atoms with E-state index >= 15 is 0 Å². The average molecular weight is 348 g/mol. The van der Waals surface area contributed by atoms with Gasteiger partial charge in [0.2, 0.25) is 5.91 Å². The number of carbonyl (C=O) groups is 1. The minimum Gasteiger partial charge on any atom is -0.496 e. The number of rotatable bonds is 5. The first-order valence-corrected chi connectivity index (χ1v) is 9.12. The number of para-hydroxylation sites is 1. The minimum absolute atomic E-state index is 0.0513. The standard InChI is InChI=1S/C22H24N2O2/c1-26-21-5-3-2-4-20(21)18-10-6-16(7-11-18)14-22(25)24-19-12-8-17(15-23)9-13-19/h2-5,8-9,12-13,16,18H,6-7,10-11,14H2,1H3,(H,24,25)/t16-,18-. The highest BCUT2D eigenvalue weighted by molar-refractivity contribution is 5.90. The topological polar surface area (TPSA) is 62.1 Å². The molecule has 1 amide bonds. The second-order valence-electron chi connectivity index (χ2n) is 6.90. The number of anilines is 1. The Hall–Kier alpha value is -2.80. The number of benzene rings is 2. The van der Waals surface area contributed by atoms with Gasteiger partial charge in [0.25, 0.3) is 0 Å². The maximum absolute atomic E-state index is 12.3. The molecule has 0 spiro atoms. The van der Waals surface area contributed by atoms with Gasteiger partial charge in [-0.2, -0.15) is 5.26 Å². The molecule has 0 aromatic heterocycles. The molecule has 0 unspecified atom stereocenters. The van der Waals surface area contributed by atoms with Crippen LogP contribution < -0.4 is 10.1 Å². The third kappa shape index (κ3) is 4.43. The number of ether oxygens (including phenoxy) is 1. The first-order valence-electron chi connectivity index (χ1n) is 9.12. The van der Waals surface area contributed by atoms with Crippen LogP contribution in [0.15, 0.2) is 48.5 Å². The molecular formula is C22H24N2O2. The van der Waals surface area contributed by atoms with Gasteiger partial charge in [0.15, 0.2) is 0 Å². The lowest BCUT2D eigenvalue weighted by Crippen LogP contribution is -2.20. The maximum atomic E-state index is 12.3. The van der Waals surface area contributed by atoms with Crippen LogP contribution in [0, 0.1) is 17.2 Å². The molecule has 26 heavy (non-hydrogen) atoms. The number of nitrogens with zero attached hydrogens (tertiary/aromatic N) is 1. The van der Waals surface area contributed by atoms with E-state index in [-0.39, 0.29) is 5.91 Å². The van der Waals surface area contributed by atoms with E-state index in [2.05, 4.69) is 23.5 Å². The van der Waals surface area contributed by atoms with Crippen LogP contribution in [0.5, 0.6) is 5.75 Å². The summed E-state index contributed by atoms with van der Waals surface area (Å²) >= 11 is 0. The molecule has 1 fully saturated rings. The van der Waals surface area contributed by atoms with Gasteiger partial charge in [0, 0.05) is 12.1 Å². The number of amides is 1. The molecule has 1 N–H and O–H groups in total. The van der Waals surface area contributed by atoms with Crippen molar-refractivity contribution in [2.45, 2.75) is 38.0 Å². The Kier molecular flexibility index (Phi) is 5.91. The molecule has 4 heteroatoms. The van der Waals surface area contributed by atoms with E-state index in [1.54, 1.807) is 31.4 Å². The summed E-state index contributed by atoms with van der Waals surface area (Å²) in [6.07, 6.45) is 4.86. The van der Waals surface area contributed by atoms with Crippen LogP contribution in [0.1, 0.15) is 49.1 Å². The Morgan fingerprint density at radius 2 is 1.81 bits per heavy atom. The van der Waals surface area contributed by atoms with E-state index in [0.29, 0.717) is 23.8 Å². The Bertz CT molecular complexity index is 785. The van der Waals surface area contributed by atoms with Crippen molar-refractivity contribution in [3.8, 4) is 11.8 Å². The van der Waals surface area contributed by atoms with Crippen LogP contribution in [0.4, 0.5) is 5.69 Å². The van der Waals surface area contributed by atoms with Crippen LogP contribution >= 0.6 is 0 Å². The van der Waals surface area contributed by atoms with Crippen molar-refractivity contribution in [3.05, 3.63) is 59.7 Å². The lowest BCUT2D eigenvalue weighted by molar-refractivity contribution is -0.117. The molecule has 134 valence electrons. The van der Waals surface area contributed by atoms with Crippen molar-refractivity contribution in [2.24, 2.45) is 5.92 Å². The first-order chi connectivity index (χ1) is 12.7. The smallest absolute Gasteiger partial charge is 0.224 e. The molecule has 1 aliphatic carbocycles. The highest BCUT2D eigenvalue weighted by atomic mass is 16.5. The number of hydrogen-bond acceptors (Lipinski definition) is 3. The van der Waals surface area contributed by atoms with Gasteiger partial charge >= 0.3 is 0 Å². The molecule has 0 atom stereocenters. The fraction of sp³-hybridized carbons (Fsp3) is 0.364. The van der Waals surface area contributed by atoms with E-state index in [1.165, 1.54) is 5.56 Å². The van der Waals surface area contributed by atoms with E-state index in [1.807, 2.05) is 12.1 Å². The molecule has 3 rings (SSSR count). The summed E-state index contributed by atoms with van der Waals surface area (Å²) in [6.45, 7) is 0. The summed E-state index contributed by atoms with van der Waals surface area (Å²) < 4.78 is 5.49. The van der Waals surface area contributed by atoms with Gasteiger partial charge in [-0.1, -0.05) is 18.2 Å². The Balaban J connectivity index is 1.50. The number of hydrogen-bond donors (Lipinski definition) is 1. The molecule has 1 saturated carbocycles. The highest BCUT2D eigenvalue weighted by Crippen LogP contribution is 2.40. The number of nitriles is 1. The van der Waals surface area contributed by atoms with Crippen molar-refractivity contribution in [1.82, 2.24) is 0 Å². The zero-order valence-corrected chi connectivity index (χ0v) is 15.1. The van der Waals surface area contributed by atoms with Crippen LogP contribution in [0.3, 0.4) is 0 Å². The van der Waals surface area contributed by atoms with E-state index < -0.39 is 0 Å². The second-order valence-corrected chi connectivity index (χ2v) is 6.90. The monoisotopic (exact) mass is 348 g/mol. The van der Waals surface area contributed by atoms with Gasteiger partial charge in [0.05, 0.1) is 18.7 Å². The first kappa shape index (κ1) is 18.0. The Labute approximate surface area is 154 Å². The quantitative estimate of drug-likeness (QED) is 0.838. The molecule has 0 saturated heterocycles. The molecule has 0 bridgehead atoms. The molecule has 0 radical (unpaired) electrons. The van der Waals surface area contributed by atoms with E-state index in [0.717, 1.165) is 37.1 Å². The third-order valence-corrected chi connectivity index (χ3v) is 5.20. The number of methoxy groups -OCH3 is 1. The third-order valence-electron chi connectivity index (χ3n) is 5.20. The van der Waals surface area contributed by atoms with Gasteiger partial charge in [-0.05, 0) is 73.4 Å². The summed E-state index contributed by atoms with van der Waals surface area (Å²) in [5.41, 5.74) is 2.63. The zero-order valence-electron chi connectivity index (χ0n) is 15.1. The van der Waals surface area contributed by atoms with Crippen molar-refractivity contribution in [2.75, 3.05) is 12.4 Å². The molecular weight excluding hydrogens is 324 g/mol. The van der Waals surface area contributed by atoms with Gasteiger partial charge in [-0.15, -0.1) is 0 Å². The lowest BCUT2D eigenvalue weighted by atomic mass is 9.77. The highest BCUT2D eigenvalue weighted by Gasteiger charge is 2.25. The summed E-state index contributed by atoms with van der Waals surface area (Å²) in [4.78, 5) is 12.3. The van der Waals surface area contributed by atoms with Gasteiger partial charge in [0.1, 0.15) is 5.75 Å². The fourth-order valence-electron chi connectivity index (χ4n) is 3.78. The van der Waals surface area contributed by atoms with Crippen molar-refractivity contribution in [1.29, 1.82) is 5.26 Å². The molecule has 2 aromatic carbocycles. The average Bonchev–Trinajstić information content (AvgIpc) is 2.69. The van der Waals surface area contributed by atoms with Crippen LogP contribution in [-0.2, 0) is 4.79 Å². The zero-order chi connectivity index (χ0) is 18.4. The summed E-state index contributed by atoms with van der Waals surface area (Å²) in [6, 6.07) is 17.3. The van der Waals surface area contributed by atoms with E-state index in [9.17, 15) is 4.79 Å². The van der Waals surface area contributed by atoms with E-state index in [4.69, 9.17) is 10.00 Å². The normalized spacial score (nSPS) is 19.4. The SMILES string of the molecule is COc1ccccc1[C@H]1CC[C@H](CC(=O)Nc2ccc(C#N)cc2)CC1. The lowest BCUT2D eigenvalue weighted by Gasteiger charge is -2.29. The Morgan fingerprint density at radius 3 is 2.46 bits per heavy atom. The van der Waals surface area contributed by atoms with Crippen molar-refractivity contribution >= 4 is 11.6 Å². The predicted octanol–water partition coefficient (Wildman–Crippen LogP) is 4.87. The van der Waals surface area contributed by atoms with Crippen molar-refractivity contribution in [3.63, 3.8) is 0 Å². The van der Waals surface area contributed by atoms with Crippen LogP contribution in [-0.4, -0.2) is 13.0 Å². The molecule has 0 heterocycles. The van der Waals surface area contributed by atoms with Crippen molar-refractivity contribution < 1.29 is 9.53 Å². The second kappa shape index (κ2) is 8.53. The van der Waals surface area contributed by atoms with Gasteiger partial charge < -0.3 is 10.1 Å². The fourth-order valence-corrected chi connectivity index (χ4v) is 3.78. The Morgan fingerprint density at radius 1 is 1.12 bits per heavy atom. The summed E-state index contributed by atoms with van der Waals surface area (Å²) in [5.74, 6) is 1.97. The maximum Gasteiger partial charge on any atom is 0.224 e. The van der Waals surface area contributed by atoms with Gasteiger partial charge in [-0.25, -0.2) is 0 Å². The molecule has 0 aliphatic heterocycles. The predicted molar refractivity (Wildman–Crippen MR) is 102 cm³/mol. The number of carbonyl (C=O) groups excluding carboxylic acids is 1. The molecule has 2 aromatic rings. The molecule has 4 nitrogen and oxygen atoms in total. The van der Waals surface area contributed by atoms with Gasteiger partial charge in [-0.3, -0.25) is 4.79 Å². The number of nitrogens with one attached hydrogen (secondary N) is 1. The van der Waals surface area contributed by atoms with Crippen LogP contribution in [0.2, 0.25) is 0 Å². The minimum atomic E-state index is 0.0513.